The lowest BCUT2D eigenvalue weighted by Gasteiger charge is -2.16. The number of nitrogens with one attached hydrogen (secondary N) is 1. The molecule has 3 aromatic rings. The number of hydrogen-bond acceptors (Lipinski definition) is 5. The van der Waals surface area contributed by atoms with E-state index in [9.17, 15) is 0 Å². The molecule has 0 radical (unpaired) electrons. The van der Waals surface area contributed by atoms with E-state index < -0.39 is 0 Å². The molecule has 0 bridgehead atoms. The predicted octanol–water partition coefficient (Wildman–Crippen LogP) is 3.72. The quantitative estimate of drug-likeness (QED) is 0.775. The summed E-state index contributed by atoms with van der Waals surface area (Å²) >= 11 is 0. The molecular weight excluding hydrogens is 300 g/mol. The zero-order chi connectivity index (χ0) is 17.0. The SMILES string of the molecule is CC(C)(C)c1nocc1CNCc1ccc(-c2ccccn2)nc1. The van der Waals surface area contributed by atoms with Crippen molar-refractivity contribution in [3.63, 3.8) is 0 Å². The number of nitrogens with zero attached hydrogens (tertiary/aromatic N) is 3. The molecule has 124 valence electrons. The topological polar surface area (TPSA) is 63.8 Å². The fraction of sp³-hybridized carbons (Fsp3) is 0.316. The van der Waals surface area contributed by atoms with Gasteiger partial charge in [-0.2, -0.15) is 0 Å². The Labute approximate surface area is 142 Å². The largest absolute Gasteiger partial charge is 0.364 e. The Morgan fingerprint density at radius 3 is 2.50 bits per heavy atom. The highest BCUT2D eigenvalue weighted by atomic mass is 16.5. The zero-order valence-electron chi connectivity index (χ0n) is 14.3. The van der Waals surface area contributed by atoms with Gasteiger partial charge >= 0.3 is 0 Å². The van der Waals surface area contributed by atoms with E-state index in [1.165, 1.54) is 0 Å². The van der Waals surface area contributed by atoms with E-state index in [4.69, 9.17) is 4.52 Å². The van der Waals surface area contributed by atoms with Crippen molar-refractivity contribution >= 4 is 0 Å². The molecule has 0 amide bonds. The van der Waals surface area contributed by atoms with Crippen LogP contribution >= 0.6 is 0 Å². The normalized spacial score (nSPS) is 11.6. The monoisotopic (exact) mass is 322 g/mol. The van der Waals surface area contributed by atoms with Crippen LogP contribution in [0.1, 0.15) is 37.6 Å². The van der Waals surface area contributed by atoms with Crippen molar-refractivity contribution in [3.8, 4) is 11.4 Å². The Morgan fingerprint density at radius 1 is 1.00 bits per heavy atom. The van der Waals surface area contributed by atoms with E-state index in [2.05, 4.69) is 47.3 Å². The molecule has 3 heterocycles. The molecule has 0 aliphatic heterocycles. The van der Waals surface area contributed by atoms with Crippen molar-refractivity contribution in [2.24, 2.45) is 0 Å². The lowest BCUT2D eigenvalue weighted by molar-refractivity contribution is 0.393. The van der Waals surface area contributed by atoms with Gasteiger partial charge in [-0.15, -0.1) is 0 Å². The van der Waals surface area contributed by atoms with Gasteiger partial charge in [0.2, 0.25) is 0 Å². The van der Waals surface area contributed by atoms with Crippen LogP contribution in [0, 0.1) is 0 Å². The molecule has 1 N–H and O–H groups in total. The van der Waals surface area contributed by atoms with Crippen LogP contribution < -0.4 is 5.32 Å². The van der Waals surface area contributed by atoms with E-state index >= 15 is 0 Å². The second-order valence-corrected chi connectivity index (χ2v) is 6.81. The summed E-state index contributed by atoms with van der Waals surface area (Å²) in [6.07, 6.45) is 5.38. The van der Waals surface area contributed by atoms with Gasteiger partial charge in [-0.25, -0.2) is 0 Å². The molecular formula is C19H22N4O. The van der Waals surface area contributed by atoms with Gasteiger partial charge in [-0.3, -0.25) is 9.97 Å². The zero-order valence-corrected chi connectivity index (χ0v) is 14.3. The van der Waals surface area contributed by atoms with Gasteiger partial charge in [-0.1, -0.05) is 38.1 Å². The van der Waals surface area contributed by atoms with Gasteiger partial charge in [0.15, 0.2) is 0 Å². The van der Waals surface area contributed by atoms with Crippen LogP contribution in [0.4, 0.5) is 0 Å². The van der Waals surface area contributed by atoms with Crippen LogP contribution in [-0.2, 0) is 18.5 Å². The molecule has 0 spiro atoms. The first kappa shape index (κ1) is 16.3. The van der Waals surface area contributed by atoms with Crippen molar-refractivity contribution in [1.82, 2.24) is 20.4 Å². The average molecular weight is 322 g/mol. The lowest BCUT2D eigenvalue weighted by atomic mass is 9.89. The van der Waals surface area contributed by atoms with Crippen LogP contribution in [0.5, 0.6) is 0 Å². The third kappa shape index (κ3) is 3.86. The molecule has 0 aromatic carbocycles. The van der Waals surface area contributed by atoms with Crippen molar-refractivity contribution in [2.45, 2.75) is 39.3 Å². The third-order valence-corrected chi connectivity index (χ3v) is 3.75. The summed E-state index contributed by atoms with van der Waals surface area (Å²) in [5.74, 6) is 0. The van der Waals surface area contributed by atoms with Gasteiger partial charge in [0.05, 0.1) is 17.1 Å². The molecule has 0 saturated heterocycles. The van der Waals surface area contributed by atoms with Gasteiger partial charge in [0.25, 0.3) is 0 Å². The fourth-order valence-electron chi connectivity index (χ4n) is 2.54. The molecule has 3 aromatic heterocycles. The molecule has 0 fully saturated rings. The highest BCUT2D eigenvalue weighted by Crippen LogP contribution is 2.24. The Morgan fingerprint density at radius 2 is 1.83 bits per heavy atom. The summed E-state index contributed by atoms with van der Waals surface area (Å²) in [5.41, 5.74) is 4.97. The predicted molar refractivity (Wildman–Crippen MR) is 93.2 cm³/mol. The van der Waals surface area contributed by atoms with E-state index in [1.54, 1.807) is 12.5 Å². The third-order valence-electron chi connectivity index (χ3n) is 3.75. The highest BCUT2D eigenvalue weighted by molar-refractivity contribution is 5.53. The number of aromatic nitrogens is 3. The maximum Gasteiger partial charge on any atom is 0.128 e. The molecule has 0 aliphatic rings. The van der Waals surface area contributed by atoms with E-state index in [-0.39, 0.29) is 5.41 Å². The summed E-state index contributed by atoms with van der Waals surface area (Å²) in [6.45, 7) is 7.86. The molecule has 0 atom stereocenters. The highest BCUT2D eigenvalue weighted by Gasteiger charge is 2.21. The van der Waals surface area contributed by atoms with Crippen molar-refractivity contribution in [1.29, 1.82) is 0 Å². The summed E-state index contributed by atoms with van der Waals surface area (Å²) in [5, 5.41) is 7.54. The Hall–Kier alpha value is -2.53. The van der Waals surface area contributed by atoms with E-state index in [1.807, 2.05) is 30.5 Å². The Balaban J connectivity index is 1.59. The smallest absolute Gasteiger partial charge is 0.128 e. The Kier molecular flexibility index (Phi) is 4.71. The van der Waals surface area contributed by atoms with Crippen LogP contribution in [-0.4, -0.2) is 15.1 Å². The minimum atomic E-state index is -0.0180. The number of hydrogen-bond donors (Lipinski definition) is 1. The van der Waals surface area contributed by atoms with Crippen LogP contribution in [0.25, 0.3) is 11.4 Å². The molecule has 0 aliphatic carbocycles. The van der Waals surface area contributed by atoms with Crippen LogP contribution in [0.15, 0.2) is 53.5 Å². The summed E-state index contributed by atoms with van der Waals surface area (Å²) in [4.78, 5) is 8.80. The number of rotatable bonds is 5. The van der Waals surface area contributed by atoms with Crippen molar-refractivity contribution < 1.29 is 4.52 Å². The lowest BCUT2D eigenvalue weighted by Crippen LogP contribution is -2.19. The van der Waals surface area contributed by atoms with E-state index in [0.29, 0.717) is 0 Å². The van der Waals surface area contributed by atoms with Gasteiger partial charge < -0.3 is 9.84 Å². The summed E-state index contributed by atoms with van der Waals surface area (Å²) < 4.78 is 5.13. The molecule has 5 nitrogen and oxygen atoms in total. The minimum Gasteiger partial charge on any atom is -0.364 e. The van der Waals surface area contributed by atoms with Crippen LogP contribution in [0.3, 0.4) is 0 Å². The molecule has 3 rings (SSSR count). The average Bonchev–Trinajstić information content (AvgIpc) is 3.05. The second kappa shape index (κ2) is 6.93. The van der Waals surface area contributed by atoms with E-state index in [0.717, 1.165) is 41.3 Å². The van der Waals surface area contributed by atoms with Crippen molar-refractivity contribution in [2.75, 3.05) is 0 Å². The standard InChI is InChI=1S/C19H22N4O/c1-19(2,3)18-15(13-24-23-18)12-20-10-14-7-8-17(22-11-14)16-6-4-5-9-21-16/h4-9,11,13,20H,10,12H2,1-3H3. The molecule has 0 unspecified atom stereocenters. The maximum atomic E-state index is 5.13. The summed E-state index contributed by atoms with van der Waals surface area (Å²) in [7, 11) is 0. The first-order valence-electron chi connectivity index (χ1n) is 8.05. The fourth-order valence-corrected chi connectivity index (χ4v) is 2.54. The minimum absolute atomic E-state index is 0.0180. The molecule has 0 saturated carbocycles. The first-order valence-corrected chi connectivity index (χ1v) is 8.05. The second-order valence-electron chi connectivity index (χ2n) is 6.81. The first-order chi connectivity index (χ1) is 11.5. The van der Waals surface area contributed by atoms with Gasteiger partial charge in [-0.05, 0) is 23.8 Å². The van der Waals surface area contributed by atoms with Crippen LogP contribution in [0.2, 0.25) is 0 Å². The van der Waals surface area contributed by atoms with Crippen molar-refractivity contribution in [3.05, 3.63) is 65.8 Å². The molecule has 24 heavy (non-hydrogen) atoms. The van der Waals surface area contributed by atoms with Gasteiger partial charge in [0, 0.05) is 36.5 Å². The maximum absolute atomic E-state index is 5.13. The van der Waals surface area contributed by atoms with Gasteiger partial charge in [0.1, 0.15) is 6.26 Å². The Bertz CT molecular complexity index is 773. The summed E-state index contributed by atoms with van der Waals surface area (Å²) in [6, 6.07) is 9.89. The number of pyridine rings is 2. The molecule has 5 heteroatoms.